The fraction of sp³-hybridized carbons (Fsp3) is 0.878. The maximum atomic E-state index is 12.2. The number of hydrogen-bond donors (Lipinski definition) is 9. The number of ether oxygens (including phenoxy) is 4. The molecular formula is C41H75NO13. The molecular weight excluding hydrogens is 714 g/mol. The van der Waals surface area contributed by atoms with Gasteiger partial charge in [0.15, 0.2) is 12.6 Å². The summed E-state index contributed by atoms with van der Waals surface area (Å²) in [4.78, 5) is 12.2. The second-order valence-electron chi connectivity index (χ2n) is 15.1. The molecule has 2 rings (SSSR count). The summed E-state index contributed by atoms with van der Waals surface area (Å²) in [6.45, 7) is 2.18. The van der Waals surface area contributed by atoms with E-state index in [0.29, 0.717) is 6.42 Å². The molecule has 2 fully saturated rings. The number of aliphatic hydroxyl groups is 8. The Labute approximate surface area is 328 Å². The van der Waals surface area contributed by atoms with Crippen molar-refractivity contribution >= 4 is 5.91 Å². The van der Waals surface area contributed by atoms with Crippen molar-refractivity contribution in [1.29, 1.82) is 0 Å². The minimum atomic E-state index is -1.78. The standard InChI is InChI=1S/C41H75NO13/c1-3-5-6-7-8-9-10-11-12-13-14-15-16-17-18-19-20-21-22-23-24-25-30(45)29(42-33(46)4-2)28-52-40-38(51)36(49)39(32(27-44)54-40)55-41-37(50)35(48)34(47)31(26-43)53-41/h20-21,24-25,29-32,34-41,43-45,47-51H,3-19,22-23,26-28H2,1-2H3,(H,42,46)/b21-20+,25-24+. The summed E-state index contributed by atoms with van der Waals surface area (Å²) in [5.41, 5.74) is 0. The van der Waals surface area contributed by atoms with Crippen LogP contribution < -0.4 is 5.32 Å². The van der Waals surface area contributed by atoms with Gasteiger partial charge in [-0.2, -0.15) is 0 Å². The van der Waals surface area contributed by atoms with Gasteiger partial charge in [0.2, 0.25) is 5.91 Å². The van der Waals surface area contributed by atoms with Gasteiger partial charge >= 0.3 is 0 Å². The fourth-order valence-electron chi connectivity index (χ4n) is 6.86. The molecule has 0 radical (unpaired) electrons. The molecule has 0 saturated carbocycles. The predicted molar refractivity (Wildman–Crippen MR) is 208 cm³/mol. The number of nitrogens with one attached hydrogen (secondary N) is 1. The SMILES string of the molecule is CCCCCCCCCCCCCCCCC/C=C/CC/C=C/C(O)C(COC1OC(CO)C(OC2OC(CO)C(O)C(O)C2O)C(O)C1O)NC(=O)CC. The van der Waals surface area contributed by atoms with Crippen molar-refractivity contribution in [2.24, 2.45) is 0 Å². The van der Waals surface area contributed by atoms with E-state index in [9.17, 15) is 45.6 Å². The van der Waals surface area contributed by atoms with Gasteiger partial charge in [-0.15, -0.1) is 0 Å². The quantitative estimate of drug-likeness (QED) is 0.0377. The van der Waals surface area contributed by atoms with Gasteiger partial charge in [-0.3, -0.25) is 4.79 Å². The van der Waals surface area contributed by atoms with Crippen LogP contribution in [0.5, 0.6) is 0 Å². The van der Waals surface area contributed by atoms with Crippen molar-refractivity contribution in [2.45, 2.75) is 209 Å². The smallest absolute Gasteiger partial charge is 0.220 e. The second kappa shape index (κ2) is 29.6. The molecule has 0 spiro atoms. The van der Waals surface area contributed by atoms with E-state index < -0.39 is 86.8 Å². The Kier molecular flexibility index (Phi) is 26.7. The van der Waals surface area contributed by atoms with Crippen molar-refractivity contribution in [3.63, 3.8) is 0 Å². The van der Waals surface area contributed by atoms with Gasteiger partial charge in [-0.05, 0) is 25.7 Å². The molecule has 12 unspecified atom stereocenters. The molecule has 1 amide bonds. The lowest BCUT2D eigenvalue weighted by molar-refractivity contribution is -0.359. The second-order valence-corrected chi connectivity index (χ2v) is 15.1. The molecule has 9 N–H and O–H groups in total. The average Bonchev–Trinajstić information content (AvgIpc) is 3.19. The number of amides is 1. The van der Waals surface area contributed by atoms with Crippen LogP contribution in [0.15, 0.2) is 24.3 Å². The molecule has 2 heterocycles. The highest BCUT2D eigenvalue weighted by atomic mass is 16.7. The van der Waals surface area contributed by atoms with Crippen molar-refractivity contribution < 1.29 is 64.6 Å². The number of unbranched alkanes of at least 4 members (excludes halogenated alkanes) is 16. The van der Waals surface area contributed by atoms with Gasteiger partial charge in [0, 0.05) is 6.42 Å². The van der Waals surface area contributed by atoms with Crippen LogP contribution in [0, 0.1) is 0 Å². The van der Waals surface area contributed by atoms with E-state index >= 15 is 0 Å². The van der Waals surface area contributed by atoms with Crippen LogP contribution in [0.25, 0.3) is 0 Å². The Morgan fingerprint density at radius 1 is 0.636 bits per heavy atom. The van der Waals surface area contributed by atoms with Crippen LogP contribution in [-0.2, 0) is 23.7 Å². The molecule has 0 aromatic heterocycles. The van der Waals surface area contributed by atoms with Crippen LogP contribution in [0.2, 0.25) is 0 Å². The lowest BCUT2D eigenvalue weighted by Gasteiger charge is -2.46. The molecule has 0 bridgehead atoms. The first-order chi connectivity index (χ1) is 26.6. The highest BCUT2D eigenvalue weighted by molar-refractivity contribution is 5.75. The average molecular weight is 790 g/mol. The Hall–Kier alpha value is -1.53. The number of aliphatic hydroxyl groups excluding tert-OH is 8. The maximum absolute atomic E-state index is 12.2. The number of allylic oxidation sites excluding steroid dienone is 3. The summed E-state index contributed by atoms with van der Waals surface area (Å²) in [7, 11) is 0. The Balaban J connectivity index is 1.69. The Morgan fingerprint density at radius 2 is 1.15 bits per heavy atom. The Morgan fingerprint density at radius 3 is 1.71 bits per heavy atom. The van der Waals surface area contributed by atoms with E-state index in [4.69, 9.17) is 18.9 Å². The third-order valence-corrected chi connectivity index (χ3v) is 10.5. The lowest BCUT2D eigenvalue weighted by Crippen LogP contribution is -2.65. The Bertz CT molecular complexity index is 1030. The summed E-state index contributed by atoms with van der Waals surface area (Å²) in [5, 5.41) is 85.1. The summed E-state index contributed by atoms with van der Waals surface area (Å²) in [6.07, 6.45) is 13.6. The maximum Gasteiger partial charge on any atom is 0.220 e. The number of carbonyl (C=O) groups excluding carboxylic acids is 1. The first-order valence-corrected chi connectivity index (χ1v) is 21.1. The monoisotopic (exact) mass is 790 g/mol. The summed E-state index contributed by atoms with van der Waals surface area (Å²) < 4.78 is 22.2. The molecule has 12 atom stereocenters. The van der Waals surface area contributed by atoms with Crippen molar-refractivity contribution in [3.05, 3.63) is 24.3 Å². The largest absolute Gasteiger partial charge is 0.394 e. The topological polar surface area (TPSA) is 228 Å². The van der Waals surface area contributed by atoms with E-state index in [1.807, 2.05) is 6.08 Å². The van der Waals surface area contributed by atoms with E-state index in [2.05, 4.69) is 24.4 Å². The zero-order valence-electron chi connectivity index (χ0n) is 33.4. The summed E-state index contributed by atoms with van der Waals surface area (Å²) in [5.74, 6) is -0.339. The predicted octanol–water partition coefficient (Wildman–Crippen LogP) is 3.04. The van der Waals surface area contributed by atoms with E-state index in [1.165, 1.54) is 96.3 Å². The first kappa shape index (κ1) is 49.6. The minimum absolute atomic E-state index is 0.155. The highest BCUT2D eigenvalue weighted by Gasteiger charge is 2.50. The van der Waals surface area contributed by atoms with Crippen LogP contribution in [-0.4, -0.2) is 140 Å². The van der Waals surface area contributed by atoms with Gasteiger partial charge in [-0.25, -0.2) is 0 Å². The number of carbonyl (C=O) groups is 1. The van der Waals surface area contributed by atoms with Crippen molar-refractivity contribution in [3.8, 4) is 0 Å². The van der Waals surface area contributed by atoms with E-state index in [1.54, 1.807) is 13.0 Å². The zero-order chi connectivity index (χ0) is 40.4. The number of rotatable bonds is 30. The molecule has 2 aliphatic rings. The first-order valence-electron chi connectivity index (χ1n) is 21.1. The molecule has 0 aliphatic carbocycles. The molecule has 322 valence electrons. The highest BCUT2D eigenvalue weighted by Crippen LogP contribution is 2.29. The molecule has 2 aliphatic heterocycles. The van der Waals surface area contributed by atoms with Crippen molar-refractivity contribution in [2.75, 3.05) is 19.8 Å². The van der Waals surface area contributed by atoms with E-state index in [-0.39, 0.29) is 18.9 Å². The van der Waals surface area contributed by atoms with Gasteiger partial charge in [-0.1, -0.05) is 128 Å². The third kappa shape index (κ3) is 18.7. The van der Waals surface area contributed by atoms with Crippen LogP contribution in [0.1, 0.15) is 136 Å². The molecule has 2 saturated heterocycles. The molecule has 14 heteroatoms. The molecule has 0 aromatic rings. The van der Waals surface area contributed by atoms with Crippen LogP contribution >= 0.6 is 0 Å². The minimum Gasteiger partial charge on any atom is -0.394 e. The summed E-state index contributed by atoms with van der Waals surface area (Å²) >= 11 is 0. The fourth-order valence-corrected chi connectivity index (χ4v) is 6.86. The molecule has 55 heavy (non-hydrogen) atoms. The van der Waals surface area contributed by atoms with Gasteiger partial charge in [0.1, 0.15) is 48.8 Å². The lowest BCUT2D eigenvalue weighted by atomic mass is 9.97. The number of hydrogen-bond acceptors (Lipinski definition) is 13. The van der Waals surface area contributed by atoms with Gasteiger partial charge < -0.3 is 65.1 Å². The third-order valence-electron chi connectivity index (χ3n) is 10.5. The van der Waals surface area contributed by atoms with Gasteiger partial charge in [0.25, 0.3) is 0 Å². The van der Waals surface area contributed by atoms with Crippen LogP contribution in [0.4, 0.5) is 0 Å². The van der Waals surface area contributed by atoms with Crippen molar-refractivity contribution in [1.82, 2.24) is 5.32 Å². The molecule has 0 aromatic carbocycles. The van der Waals surface area contributed by atoms with Crippen LogP contribution in [0.3, 0.4) is 0 Å². The zero-order valence-corrected chi connectivity index (χ0v) is 33.4. The summed E-state index contributed by atoms with van der Waals surface area (Å²) in [6, 6.07) is -0.923. The molecule has 14 nitrogen and oxygen atoms in total. The normalized spacial score (nSPS) is 29.9. The van der Waals surface area contributed by atoms with Gasteiger partial charge in [0.05, 0.1) is 32.0 Å². The van der Waals surface area contributed by atoms with E-state index in [0.717, 1.165) is 12.8 Å².